The molecule has 0 bridgehead atoms. The Labute approximate surface area is 151 Å². The summed E-state index contributed by atoms with van der Waals surface area (Å²) in [5.41, 5.74) is 9.15. The van der Waals surface area contributed by atoms with Gasteiger partial charge in [0, 0.05) is 23.8 Å². The van der Waals surface area contributed by atoms with Crippen molar-refractivity contribution in [2.24, 2.45) is 10.7 Å². The normalized spacial score (nSPS) is 11.0. The lowest BCUT2D eigenvalue weighted by Gasteiger charge is -2.05. The first-order valence-corrected chi connectivity index (χ1v) is 8.95. The van der Waals surface area contributed by atoms with Crippen molar-refractivity contribution < 1.29 is 0 Å². The summed E-state index contributed by atoms with van der Waals surface area (Å²) in [7, 11) is 0. The molecule has 0 spiro atoms. The predicted octanol–water partition coefficient (Wildman–Crippen LogP) is 4.79. The van der Waals surface area contributed by atoms with Crippen LogP contribution in [-0.2, 0) is 0 Å². The summed E-state index contributed by atoms with van der Waals surface area (Å²) in [6.07, 6.45) is 12.2. The second kappa shape index (κ2) is 11.2. The standard InChI is InChI=1S/C13H15N5.C7H16/c1-9(2)17-13(14)12-10(3)18(8-16-12)11-4-6-15-7-5-11;1-3-5-7-6-4-2/h4-8H,1H2,2-3H3,(H2,14,17);3-7H2,1-2H3. The first-order valence-electron chi connectivity index (χ1n) is 8.95. The average molecular weight is 342 g/mol. The minimum absolute atomic E-state index is 0.382. The molecule has 0 aliphatic carbocycles. The molecule has 2 heterocycles. The fraction of sp³-hybridized carbons (Fsp3) is 0.450. The Morgan fingerprint density at radius 1 is 1.16 bits per heavy atom. The van der Waals surface area contributed by atoms with Gasteiger partial charge in [-0.2, -0.15) is 0 Å². The Morgan fingerprint density at radius 2 is 1.76 bits per heavy atom. The fourth-order valence-electron chi connectivity index (χ4n) is 2.36. The van der Waals surface area contributed by atoms with Crippen LogP contribution in [0.4, 0.5) is 0 Å². The van der Waals surface area contributed by atoms with Crippen molar-refractivity contribution in [1.29, 1.82) is 0 Å². The van der Waals surface area contributed by atoms with Gasteiger partial charge in [-0.05, 0) is 26.0 Å². The third-order valence-electron chi connectivity index (χ3n) is 3.71. The maximum Gasteiger partial charge on any atom is 0.151 e. The van der Waals surface area contributed by atoms with Crippen LogP contribution < -0.4 is 5.73 Å². The maximum absolute atomic E-state index is 5.89. The zero-order valence-electron chi connectivity index (χ0n) is 16.0. The van der Waals surface area contributed by atoms with Crippen LogP contribution in [0, 0.1) is 6.92 Å². The largest absolute Gasteiger partial charge is 0.382 e. The van der Waals surface area contributed by atoms with E-state index in [4.69, 9.17) is 5.73 Å². The average Bonchev–Trinajstić information content (AvgIpc) is 2.98. The number of allylic oxidation sites excluding steroid dienone is 1. The quantitative estimate of drug-likeness (QED) is 0.447. The monoisotopic (exact) mass is 341 g/mol. The number of hydrogen-bond acceptors (Lipinski definition) is 3. The first-order chi connectivity index (χ1) is 12.0. The van der Waals surface area contributed by atoms with E-state index in [0.29, 0.717) is 17.2 Å². The topological polar surface area (TPSA) is 69.1 Å². The fourth-order valence-corrected chi connectivity index (χ4v) is 2.36. The lowest BCUT2D eigenvalue weighted by Crippen LogP contribution is -2.15. The molecule has 25 heavy (non-hydrogen) atoms. The molecule has 0 aliphatic rings. The third-order valence-corrected chi connectivity index (χ3v) is 3.71. The SMILES string of the molecule is C=C(C)N=C(N)c1ncn(-c2ccncc2)c1C.CCCCCCC. The lowest BCUT2D eigenvalue weighted by molar-refractivity contribution is 0.656. The molecule has 0 aliphatic heterocycles. The van der Waals surface area contributed by atoms with Crippen LogP contribution in [0.25, 0.3) is 5.69 Å². The van der Waals surface area contributed by atoms with Crippen molar-refractivity contribution in [2.75, 3.05) is 0 Å². The Hall–Kier alpha value is -2.43. The Morgan fingerprint density at radius 3 is 2.28 bits per heavy atom. The maximum atomic E-state index is 5.89. The van der Waals surface area contributed by atoms with Gasteiger partial charge in [0.1, 0.15) is 12.0 Å². The molecule has 0 atom stereocenters. The molecule has 5 heteroatoms. The highest BCUT2D eigenvalue weighted by Gasteiger charge is 2.11. The van der Waals surface area contributed by atoms with Crippen LogP contribution in [0.15, 0.2) is 48.1 Å². The van der Waals surface area contributed by atoms with Gasteiger partial charge in [0.25, 0.3) is 0 Å². The van der Waals surface area contributed by atoms with Crippen LogP contribution >= 0.6 is 0 Å². The van der Waals surface area contributed by atoms with Crippen LogP contribution in [0.2, 0.25) is 0 Å². The summed E-state index contributed by atoms with van der Waals surface area (Å²) in [6.45, 7) is 11.9. The molecule has 2 aromatic rings. The number of amidine groups is 1. The number of imidazole rings is 1. The van der Waals surface area contributed by atoms with E-state index in [0.717, 1.165) is 11.4 Å². The van der Waals surface area contributed by atoms with Gasteiger partial charge < -0.3 is 10.3 Å². The summed E-state index contributed by atoms with van der Waals surface area (Å²) >= 11 is 0. The highest BCUT2D eigenvalue weighted by molar-refractivity contribution is 5.97. The molecule has 2 rings (SSSR count). The molecule has 5 nitrogen and oxygen atoms in total. The smallest absolute Gasteiger partial charge is 0.151 e. The molecule has 2 N–H and O–H groups in total. The number of aliphatic imine (C=N–C) groups is 1. The van der Waals surface area contributed by atoms with E-state index < -0.39 is 0 Å². The number of pyridine rings is 1. The van der Waals surface area contributed by atoms with Gasteiger partial charge in [-0.25, -0.2) is 9.98 Å². The molecule has 2 aromatic heterocycles. The van der Waals surface area contributed by atoms with E-state index in [9.17, 15) is 0 Å². The molecule has 0 aromatic carbocycles. The zero-order chi connectivity index (χ0) is 18.7. The van der Waals surface area contributed by atoms with Crippen LogP contribution in [0.5, 0.6) is 0 Å². The number of rotatable bonds is 7. The van der Waals surface area contributed by atoms with Crippen molar-refractivity contribution in [3.8, 4) is 5.69 Å². The highest BCUT2D eigenvalue weighted by atomic mass is 15.1. The number of unbranched alkanes of at least 4 members (excludes halogenated alkanes) is 4. The summed E-state index contributed by atoms with van der Waals surface area (Å²) in [4.78, 5) is 12.4. The molecule has 0 unspecified atom stereocenters. The Kier molecular flexibility index (Phi) is 9.22. The lowest BCUT2D eigenvalue weighted by atomic mass is 10.2. The second-order valence-electron chi connectivity index (χ2n) is 6.05. The zero-order valence-corrected chi connectivity index (χ0v) is 16.0. The predicted molar refractivity (Wildman–Crippen MR) is 106 cm³/mol. The molecule has 0 radical (unpaired) electrons. The minimum atomic E-state index is 0.382. The van der Waals surface area contributed by atoms with E-state index >= 15 is 0 Å². The van der Waals surface area contributed by atoms with E-state index in [1.165, 1.54) is 32.1 Å². The van der Waals surface area contributed by atoms with Gasteiger partial charge in [0.2, 0.25) is 0 Å². The van der Waals surface area contributed by atoms with Gasteiger partial charge in [-0.15, -0.1) is 0 Å². The van der Waals surface area contributed by atoms with Crippen LogP contribution in [-0.4, -0.2) is 20.4 Å². The number of nitrogens with two attached hydrogens (primary N) is 1. The molecular weight excluding hydrogens is 310 g/mol. The van der Waals surface area contributed by atoms with Crippen molar-refractivity contribution in [2.45, 2.75) is 59.8 Å². The molecule has 0 amide bonds. The first kappa shape index (κ1) is 20.6. The van der Waals surface area contributed by atoms with Gasteiger partial charge in [-0.1, -0.05) is 52.5 Å². The van der Waals surface area contributed by atoms with Crippen LogP contribution in [0.3, 0.4) is 0 Å². The number of aromatic nitrogens is 3. The summed E-state index contributed by atoms with van der Waals surface area (Å²) < 4.78 is 1.94. The number of nitrogens with zero attached hydrogens (tertiary/aromatic N) is 4. The molecule has 0 saturated heterocycles. The van der Waals surface area contributed by atoms with Gasteiger partial charge in [0.15, 0.2) is 5.84 Å². The minimum Gasteiger partial charge on any atom is -0.382 e. The molecular formula is C20H31N5. The number of hydrogen-bond donors (Lipinski definition) is 1. The van der Waals surface area contributed by atoms with Gasteiger partial charge in [-0.3, -0.25) is 4.98 Å². The Balaban J connectivity index is 0.000000381. The third kappa shape index (κ3) is 6.91. The molecule has 136 valence electrons. The van der Waals surface area contributed by atoms with Gasteiger partial charge >= 0.3 is 0 Å². The van der Waals surface area contributed by atoms with Crippen molar-refractivity contribution in [1.82, 2.24) is 14.5 Å². The van der Waals surface area contributed by atoms with Crippen molar-refractivity contribution in [3.63, 3.8) is 0 Å². The van der Waals surface area contributed by atoms with E-state index in [1.54, 1.807) is 25.6 Å². The summed E-state index contributed by atoms with van der Waals surface area (Å²) in [6, 6.07) is 3.81. The van der Waals surface area contributed by atoms with E-state index in [-0.39, 0.29) is 0 Å². The second-order valence-corrected chi connectivity index (χ2v) is 6.05. The van der Waals surface area contributed by atoms with Gasteiger partial charge in [0.05, 0.1) is 5.69 Å². The van der Waals surface area contributed by atoms with E-state index in [2.05, 4.69) is 35.4 Å². The summed E-state index contributed by atoms with van der Waals surface area (Å²) in [5.74, 6) is 0.382. The molecule has 0 fully saturated rings. The summed E-state index contributed by atoms with van der Waals surface area (Å²) in [5, 5.41) is 0. The molecule has 0 saturated carbocycles. The van der Waals surface area contributed by atoms with E-state index in [1.807, 2.05) is 23.6 Å². The van der Waals surface area contributed by atoms with Crippen LogP contribution in [0.1, 0.15) is 64.3 Å². The highest BCUT2D eigenvalue weighted by Crippen LogP contribution is 2.13. The Bertz CT molecular complexity index is 667. The van der Waals surface area contributed by atoms with Crippen molar-refractivity contribution in [3.05, 3.63) is 54.5 Å². The van der Waals surface area contributed by atoms with Crippen molar-refractivity contribution >= 4 is 5.84 Å².